The molecular formula is C20H26N2O2. The van der Waals surface area contributed by atoms with Crippen LogP contribution in [-0.2, 0) is 11.2 Å². The van der Waals surface area contributed by atoms with Gasteiger partial charge in [0.1, 0.15) is 0 Å². The summed E-state index contributed by atoms with van der Waals surface area (Å²) < 4.78 is 0. The molecule has 4 rings (SSSR count). The van der Waals surface area contributed by atoms with E-state index in [0.717, 1.165) is 57.1 Å². The summed E-state index contributed by atoms with van der Waals surface area (Å²) in [5, 5.41) is 11.6. The molecule has 1 aliphatic heterocycles. The van der Waals surface area contributed by atoms with Crippen molar-refractivity contribution in [1.82, 2.24) is 9.88 Å². The third kappa shape index (κ3) is 2.73. The van der Waals surface area contributed by atoms with Gasteiger partial charge in [0.15, 0.2) is 0 Å². The monoisotopic (exact) mass is 326 g/mol. The predicted molar refractivity (Wildman–Crippen MR) is 94.7 cm³/mol. The van der Waals surface area contributed by atoms with Crippen LogP contribution in [0.1, 0.15) is 44.1 Å². The molecule has 1 spiro atoms. The van der Waals surface area contributed by atoms with Crippen molar-refractivity contribution in [1.29, 1.82) is 0 Å². The molecule has 1 aromatic heterocycles. The number of aromatic amines is 1. The Kier molecular flexibility index (Phi) is 4.09. The van der Waals surface area contributed by atoms with Gasteiger partial charge in [0.05, 0.1) is 6.10 Å². The van der Waals surface area contributed by atoms with Gasteiger partial charge >= 0.3 is 0 Å². The highest BCUT2D eigenvalue weighted by Crippen LogP contribution is 2.45. The van der Waals surface area contributed by atoms with Crippen LogP contribution in [0.15, 0.2) is 30.5 Å². The number of para-hydroxylation sites is 1. The number of aryl methyl sites for hydroxylation is 1. The van der Waals surface area contributed by atoms with Crippen LogP contribution in [0.2, 0.25) is 0 Å². The Bertz CT molecular complexity index is 738. The molecule has 0 bridgehead atoms. The van der Waals surface area contributed by atoms with Crippen molar-refractivity contribution in [3.8, 4) is 0 Å². The number of hydrogen-bond donors (Lipinski definition) is 2. The maximum absolute atomic E-state index is 12.7. The maximum atomic E-state index is 12.7. The first kappa shape index (κ1) is 15.7. The van der Waals surface area contributed by atoms with Crippen LogP contribution in [0.25, 0.3) is 10.9 Å². The predicted octanol–water partition coefficient (Wildman–Crippen LogP) is 3.25. The average Bonchev–Trinajstić information content (AvgIpc) is 3.17. The van der Waals surface area contributed by atoms with Crippen molar-refractivity contribution in [2.45, 2.75) is 51.0 Å². The number of H-pyrrole nitrogens is 1. The molecule has 4 nitrogen and oxygen atoms in total. The Morgan fingerprint density at radius 1 is 1.29 bits per heavy atom. The third-order valence-electron chi connectivity index (χ3n) is 6.10. The van der Waals surface area contributed by atoms with Gasteiger partial charge in [-0.2, -0.15) is 0 Å². The molecule has 2 aliphatic rings. The number of aromatic nitrogens is 1. The van der Waals surface area contributed by atoms with Crippen molar-refractivity contribution in [3.63, 3.8) is 0 Å². The second-order valence-corrected chi connectivity index (χ2v) is 7.55. The van der Waals surface area contributed by atoms with Gasteiger partial charge in [-0.05, 0) is 43.7 Å². The number of likely N-dealkylation sites (tertiary alicyclic amines) is 1. The number of benzene rings is 1. The molecule has 1 saturated heterocycles. The number of nitrogens with one attached hydrogen (secondary N) is 1. The van der Waals surface area contributed by atoms with Crippen LogP contribution in [0.3, 0.4) is 0 Å². The van der Waals surface area contributed by atoms with E-state index < -0.39 is 0 Å². The summed E-state index contributed by atoms with van der Waals surface area (Å²) in [6.45, 7) is 1.60. The molecule has 2 N–H and O–H groups in total. The molecule has 2 heterocycles. The topological polar surface area (TPSA) is 56.3 Å². The molecule has 1 aliphatic carbocycles. The minimum Gasteiger partial charge on any atom is -0.392 e. The number of amides is 1. The summed E-state index contributed by atoms with van der Waals surface area (Å²) in [6.07, 6.45) is 8.29. The molecule has 2 fully saturated rings. The highest BCUT2D eigenvalue weighted by molar-refractivity contribution is 5.84. The fourth-order valence-electron chi connectivity index (χ4n) is 4.71. The molecule has 4 heteroatoms. The lowest BCUT2D eigenvalue weighted by Gasteiger charge is -2.42. The molecular weight excluding hydrogens is 300 g/mol. The standard InChI is InChI=1S/C20H26N2O2/c23-18-7-3-10-20(18)11-4-12-22(14-20)19(24)9-8-15-13-21-17-6-2-1-5-16(15)17/h1-2,5-6,13,18,21,23H,3-4,7-12,14H2/t18-,20+/m1/s1. The zero-order valence-electron chi connectivity index (χ0n) is 14.1. The van der Waals surface area contributed by atoms with E-state index in [2.05, 4.69) is 17.1 Å². The van der Waals surface area contributed by atoms with Crippen molar-refractivity contribution in [2.75, 3.05) is 13.1 Å². The van der Waals surface area contributed by atoms with Gasteiger partial charge < -0.3 is 15.0 Å². The second kappa shape index (κ2) is 6.25. The first-order chi connectivity index (χ1) is 11.7. The van der Waals surface area contributed by atoms with Gasteiger partial charge in [-0.3, -0.25) is 4.79 Å². The van der Waals surface area contributed by atoms with Crippen LogP contribution < -0.4 is 0 Å². The average molecular weight is 326 g/mol. The summed E-state index contributed by atoms with van der Waals surface area (Å²) in [7, 11) is 0. The number of aliphatic hydroxyl groups is 1. The van der Waals surface area contributed by atoms with E-state index in [1.54, 1.807) is 0 Å². The number of fused-ring (bicyclic) bond motifs is 1. The molecule has 0 unspecified atom stereocenters. The lowest BCUT2D eigenvalue weighted by atomic mass is 9.76. The molecule has 128 valence electrons. The van der Waals surface area contributed by atoms with Gasteiger partial charge in [-0.15, -0.1) is 0 Å². The molecule has 0 radical (unpaired) electrons. The number of hydrogen-bond acceptors (Lipinski definition) is 2. The number of piperidine rings is 1. The van der Waals surface area contributed by atoms with Crippen molar-refractivity contribution < 1.29 is 9.90 Å². The summed E-state index contributed by atoms with van der Waals surface area (Å²) in [5.74, 6) is 0.235. The number of carbonyl (C=O) groups excluding carboxylic acids is 1. The summed E-state index contributed by atoms with van der Waals surface area (Å²) >= 11 is 0. The van der Waals surface area contributed by atoms with Gasteiger partial charge in [0.25, 0.3) is 0 Å². The molecule has 1 aromatic carbocycles. The smallest absolute Gasteiger partial charge is 0.222 e. The number of rotatable bonds is 3. The van der Waals surface area contributed by atoms with E-state index in [4.69, 9.17) is 0 Å². The quantitative estimate of drug-likeness (QED) is 0.909. The SMILES string of the molecule is O=C(CCc1c[nH]c2ccccc12)N1CCC[C@@]2(CCC[C@H]2O)C1. The van der Waals surface area contributed by atoms with E-state index in [-0.39, 0.29) is 17.4 Å². The van der Waals surface area contributed by atoms with Crippen LogP contribution in [0, 0.1) is 5.41 Å². The van der Waals surface area contributed by atoms with Gasteiger partial charge in [-0.1, -0.05) is 24.6 Å². The van der Waals surface area contributed by atoms with E-state index in [1.807, 2.05) is 23.2 Å². The number of carbonyl (C=O) groups is 1. The minimum absolute atomic E-state index is 0.0192. The molecule has 1 saturated carbocycles. The molecule has 1 amide bonds. The van der Waals surface area contributed by atoms with Crippen LogP contribution in [-0.4, -0.2) is 40.1 Å². The molecule has 2 aromatic rings. The molecule has 2 atom stereocenters. The second-order valence-electron chi connectivity index (χ2n) is 7.55. The van der Waals surface area contributed by atoms with Crippen LogP contribution in [0.5, 0.6) is 0 Å². The highest BCUT2D eigenvalue weighted by Gasteiger charge is 2.45. The van der Waals surface area contributed by atoms with Gasteiger partial charge in [-0.25, -0.2) is 0 Å². The lowest BCUT2D eigenvalue weighted by Crippen LogP contribution is -2.49. The summed E-state index contributed by atoms with van der Waals surface area (Å²) in [5.41, 5.74) is 2.33. The van der Waals surface area contributed by atoms with Gasteiger partial charge in [0.2, 0.25) is 5.91 Å². The van der Waals surface area contributed by atoms with E-state index in [0.29, 0.717) is 6.42 Å². The zero-order valence-corrected chi connectivity index (χ0v) is 14.1. The Balaban J connectivity index is 1.41. The van der Waals surface area contributed by atoms with Crippen molar-refractivity contribution >= 4 is 16.8 Å². The third-order valence-corrected chi connectivity index (χ3v) is 6.10. The fourth-order valence-corrected chi connectivity index (χ4v) is 4.71. The first-order valence-corrected chi connectivity index (χ1v) is 9.19. The van der Waals surface area contributed by atoms with Crippen LogP contribution >= 0.6 is 0 Å². The van der Waals surface area contributed by atoms with Crippen molar-refractivity contribution in [3.05, 3.63) is 36.0 Å². The Morgan fingerprint density at radius 3 is 2.96 bits per heavy atom. The zero-order chi connectivity index (χ0) is 16.6. The Labute approximate surface area is 142 Å². The Hall–Kier alpha value is -1.81. The summed E-state index contributed by atoms with van der Waals surface area (Å²) in [6, 6.07) is 8.23. The fraction of sp³-hybridized carbons (Fsp3) is 0.550. The highest BCUT2D eigenvalue weighted by atomic mass is 16.3. The molecule has 24 heavy (non-hydrogen) atoms. The van der Waals surface area contributed by atoms with E-state index >= 15 is 0 Å². The summed E-state index contributed by atoms with van der Waals surface area (Å²) in [4.78, 5) is 18.0. The normalized spacial score (nSPS) is 27.2. The van der Waals surface area contributed by atoms with E-state index in [9.17, 15) is 9.90 Å². The number of nitrogens with zero attached hydrogens (tertiary/aromatic N) is 1. The largest absolute Gasteiger partial charge is 0.392 e. The maximum Gasteiger partial charge on any atom is 0.222 e. The lowest BCUT2D eigenvalue weighted by molar-refractivity contribution is -0.136. The number of aliphatic hydroxyl groups excluding tert-OH is 1. The Morgan fingerprint density at radius 2 is 2.12 bits per heavy atom. The minimum atomic E-state index is -0.221. The van der Waals surface area contributed by atoms with Gasteiger partial charge in [0, 0.05) is 42.0 Å². The van der Waals surface area contributed by atoms with Crippen LogP contribution in [0.4, 0.5) is 0 Å². The van der Waals surface area contributed by atoms with Crippen molar-refractivity contribution in [2.24, 2.45) is 5.41 Å². The first-order valence-electron chi connectivity index (χ1n) is 9.19. The van der Waals surface area contributed by atoms with E-state index in [1.165, 1.54) is 10.9 Å².